The Morgan fingerprint density at radius 1 is 1.18 bits per heavy atom. The topological polar surface area (TPSA) is 40.5 Å². The molecule has 0 amide bonds. The van der Waals surface area contributed by atoms with E-state index in [2.05, 4.69) is 16.5 Å². The lowest BCUT2D eigenvalue weighted by atomic mass is 10.0. The fourth-order valence-corrected chi connectivity index (χ4v) is 2.77. The normalized spacial score (nSPS) is 16.3. The summed E-state index contributed by atoms with van der Waals surface area (Å²) in [6.45, 7) is 0.796. The molecule has 4 rings (SSSR count). The summed E-state index contributed by atoms with van der Waals surface area (Å²) in [5.41, 5.74) is 6.96. The highest BCUT2D eigenvalue weighted by Gasteiger charge is 2.19. The summed E-state index contributed by atoms with van der Waals surface area (Å²) in [6, 6.07) is 11.7. The summed E-state index contributed by atoms with van der Waals surface area (Å²) >= 11 is 6.11. The number of halogens is 1. The molecule has 3 heterocycles. The Labute approximate surface area is 133 Å². The van der Waals surface area contributed by atoms with Crippen molar-refractivity contribution in [1.29, 1.82) is 0 Å². The quantitative estimate of drug-likeness (QED) is 0.924. The number of aliphatic imine (C=N–C) groups is 1. The van der Waals surface area contributed by atoms with E-state index in [4.69, 9.17) is 16.6 Å². The highest BCUT2D eigenvalue weighted by atomic mass is 35.5. The molecule has 0 atom stereocenters. The fraction of sp³-hybridized carbons (Fsp3) is 0.0588. The minimum Gasteiger partial charge on any atom is -0.267 e. The molecule has 0 saturated carbocycles. The van der Waals surface area contributed by atoms with E-state index in [0.717, 1.165) is 34.9 Å². The van der Waals surface area contributed by atoms with Crippen LogP contribution in [0.25, 0.3) is 11.3 Å². The monoisotopic (exact) mass is 308 g/mol. The number of nitrogens with one attached hydrogen (secondary N) is 1. The Hall–Kier alpha value is -2.43. The minimum atomic E-state index is 0.698. The van der Waals surface area contributed by atoms with Crippen LogP contribution in [-0.2, 0) is 0 Å². The van der Waals surface area contributed by atoms with Crippen LogP contribution in [0.5, 0.6) is 0 Å². The maximum absolute atomic E-state index is 6.11. The van der Waals surface area contributed by atoms with Gasteiger partial charge in [0.2, 0.25) is 0 Å². The van der Waals surface area contributed by atoms with Gasteiger partial charge in [-0.15, -0.1) is 0 Å². The number of fused-ring (bicyclic) bond motifs is 1. The van der Waals surface area contributed by atoms with Gasteiger partial charge in [0.1, 0.15) is 5.82 Å². The predicted molar refractivity (Wildman–Crippen MR) is 88.3 cm³/mol. The molecule has 2 aromatic rings. The van der Waals surface area contributed by atoms with Gasteiger partial charge < -0.3 is 0 Å². The second-order valence-electron chi connectivity index (χ2n) is 5.02. The van der Waals surface area contributed by atoms with Crippen LogP contribution in [0.1, 0.15) is 5.56 Å². The molecule has 1 aromatic carbocycles. The van der Waals surface area contributed by atoms with Crippen molar-refractivity contribution in [2.75, 3.05) is 6.54 Å². The van der Waals surface area contributed by atoms with Crippen molar-refractivity contribution in [3.63, 3.8) is 0 Å². The van der Waals surface area contributed by atoms with Crippen LogP contribution in [-0.4, -0.2) is 22.2 Å². The molecule has 0 aliphatic carbocycles. The van der Waals surface area contributed by atoms with E-state index in [-0.39, 0.29) is 0 Å². The summed E-state index contributed by atoms with van der Waals surface area (Å²) in [5, 5.41) is 2.61. The first-order valence-electron chi connectivity index (χ1n) is 7.02. The minimum absolute atomic E-state index is 0.698. The van der Waals surface area contributed by atoms with Crippen LogP contribution >= 0.6 is 11.6 Å². The number of benzene rings is 1. The zero-order chi connectivity index (χ0) is 14.9. The van der Waals surface area contributed by atoms with Gasteiger partial charge in [-0.05, 0) is 36.4 Å². The number of aromatic nitrogens is 1. The molecule has 0 fully saturated rings. The van der Waals surface area contributed by atoms with Crippen molar-refractivity contribution in [3.05, 3.63) is 77.4 Å². The van der Waals surface area contributed by atoms with Crippen molar-refractivity contribution < 1.29 is 0 Å². The summed E-state index contributed by atoms with van der Waals surface area (Å²) < 4.78 is 0. The maximum Gasteiger partial charge on any atom is 0.144 e. The average molecular weight is 309 g/mol. The number of nitrogens with zero attached hydrogens (tertiary/aromatic N) is 3. The number of hydrazine groups is 1. The number of pyridine rings is 1. The molecule has 4 nitrogen and oxygen atoms in total. The molecule has 0 unspecified atom stereocenters. The van der Waals surface area contributed by atoms with Gasteiger partial charge in [-0.1, -0.05) is 23.7 Å². The van der Waals surface area contributed by atoms with Crippen molar-refractivity contribution >= 4 is 17.3 Å². The molecule has 0 bridgehead atoms. The third-order valence-electron chi connectivity index (χ3n) is 3.59. The lowest BCUT2D eigenvalue weighted by molar-refractivity contribution is 0.383. The van der Waals surface area contributed by atoms with Gasteiger partial charge in [-0.3, -0.25) is 9.99 Å². The van der Waals surface area contributed by atoms with Crippen LogP contribution in [0, 0.1) is 0 Å². The Bertz CT molecular complexity index is 823. The molecule has 108 valence electrons. The summed E-state index contributed by atoms with van der Waals surface area (Å²) in [6.07, 6.45) is 7.81. The first kappa shape index (κ1) is 13.2. The lowest BCUT2D eigenvalue weighted by Gasteiger charge is -2.20. The molecular formula is C17H13ClN4. The Morgan fingerprint density at radius 2 is 2.14 bits per heavy atom. The van der Waals surface area contributed by atoms with E-state index in [9.17, 15) is 0 Å². The highest BCUT2D eigenvalue weighted by molar-refractivity contribution is 6.30. The molecule has 0 spiro atoms. The standard InChI is InChI=1S/C17H13ClN4/c18-13-4-1-3-12(11-13)17-14(5-2-8-19-17)15-7-10-22-16(21-15)6-9-20-22/h1-8,10-11,20H,9H2. The summed E-state index contributed by atoms with van der Waals surface area (Å²) in [7, 11) is 0. The SMILES string of the molecule is Clc1cccc(-c2ncccc2C2=NC3=CCNN3C=C2)c1. The second-order valence-corrected chi connectivity index (χ2v) is 5.45. The van der Waals surface area contributed by atoms with E-state index in [1.54, 1.807) is 6.20 Å². The van der Waals surface area contributed by atoms with Crippen molar-refractivity contribution in [2.24, 2.45) is 4.99 Å². The summed E-state index contributed by atoms with van der Waals surface area (Å²) in [5.74, 6) is 0.915. The van der Waals surface area contributed by atoms with Gasteiger partial charge in [0.25, 0.3) is 0 Å². The van der Waals surface area contributed by atoms with Gasteiger partial charge in [-0.25, -0.2) is 10.4 Å². The third kappa shape index (κ3) is 2.32. The number of hydrogen-bond donors (Lipinski definition) is 1. The van der Waals surface area contributed by atoms with Crippen LogP contribution in [0.4, 0.5) is 0 Å². The Kier molecular flexibility index (Phi) is 3.25. The van der Waals surface area contributed by atoms with E-state index >= 15 is 0 Å². The smallest absolute Gasteiger partial charge is 0.144 e. The highest BCUT2D eigenvalue weighted by Crippen LogP contribution is 2.26. The van der Waals surface area contributed by atoms with Crippen molar-refractivity contribution in [3.8, 4) is 11.3 Å². The molecule has 0 radical (unpaired) electrons. The van der Waals surface area contributed by atoms with Crippen LogP contribution in [0.3, 0.4) is 0 Å². The van der Waals surface area contributed by atoms with Gasteiger partial charge in [0.05, 0.1) is 11.4 Å². The second kappa shape index (κ2) is 5.40. The molecular weight excluding hydrogens is 296 g/mol. The van der Waals surface area contributed by atoms with Crippen LogP contribution in [0.2, 0.25) is 5.02 Å². The van der Waals surface area contributed by atoms with Gasteiger partial charge in [-0.2, -0.15) is 0 Å². The summed E-state index contributed by atoms with van der Waals surface area (Å²) in [4.78, 5) is 9.23. The lowest BCUT2D eigenvalue weighted by Crippen LogP contribution is -2.28. The molecule has 22 heavy (non-hydrogen) atoms. The van der Waals surface area contributed by atoms with Gasteiger partial charge in [0, 0.05) is 35.1 Å². The van der Waals surface area contributed by atoms with E-state index in [1.807, 2.05) is 53.7 Å². The van der Waals surface area contributed by atoms with E-state index in [1.165, 1.54) is 0 Å². The average Bonchev–Trinajstić information content (AvgIpc) is 3.02. The maximum atomic E-state index is 6.11. The van der Waals surface area contributed by atoms with Crippen LogP contribution in [0.15, 0.2) is 71.8 Å². The molecule has 1 aromatic heterocycles. The fourth-order valence-electron chi connectivity index (χ4n) is 2.58. The molecule has 0 saturated heterocycles. The van der Waals surface area contributed by atoms with Crippen LogP contribution < -0.4 is 5.43 Å². The van der Waals surface area contributed by atoms with E-state index in [0.29, 0.717) is 5.02 Å². The Balaban J connectivity index is 1.82. The molecule has 2 aliphatic heterocycles. The zero-order valence-corrected chi connectivity index (χ0v) is 12.5. The third-order valence-corrected chi connectivity index (χ3v) is 3.83. The predicted octanol–water partition coefficient (Wildman–Crippen LogP) is 3.38. The number of allylic oxidation sites excluding steroid dienone is 1. The largest absolute Gasteiger partial charge is 0.267 e. The molecule has 5 heteroatoms. The molecule has 2 aliphatic rings. The van der Waals surface area contributed by atoms with Gasteiger partial charge in [0.15, 0.2) is 0 Å². The van der Waals surface area contributed by atoms with Gasteiger partial charge >= 0.3 is 0 Å². The molecule has 1 N–H and O–H groups in total. The number of hydrogen-bond acceptors (Lipinski definition) is 4. The van der Waals surface area contributed by atoms with Crippen molar-refractivity contribution in [2.45, 2.75) is 0 Å². The number of rotatable bonds is 2. The first-order valence-corrected chi connectivity index (χ1v) is 7.40. The van der Waals surface area contributed by atoms with E-state index < -0.39 is 0 Å². The first-order chi connectivity index (χ1) is 10.8. The zero-order valence-electron chi connectivity index (χ0n) is 11.7. The Morgan fingerprint density at radius 3 is 3.05 bits per heavy atom. The van der Waals surface area contributed by atoms with Crippen molar-refractivity contribution in [1.82, 2.24) is 15.4 Å².